The number of carbonyl (C=O) groups is 1. The van der Waals surface area contributed by atoms with E-state index in [9.17, 15) is 9.90 Å². The van der Waals surface area contributed by atoms with Crippen molar-refractivity contribution >= 4 is 17.4 Å². The highest BCUT2D eigenvalue weighted by molar-refractivity contribution is 6.30. The van der Waals surface area contributed by atoms with Gasteiger partial charge >= 0.3 is 0 Å². The Bertz CT molecular complexity index is 438. The predicted octanol–water partition coefficient (Wildman–Crippen LogP) is 1.29. The zero-order chi connectivity index (χ0) is 11.8. The molecule has 1 aromatic carbocycles. The summed E-state index contributed by atoms with van der Waals surface area (Å²) in [5, 5.41) is 19.8. The van der Waals surface area contributed by atoms with Crippen LogP contribution in [-0.2, 0) is 4.79 Å². The molecule has 0 aliphatic heterocycles. The molecule has 0 heterocycles. The average Bonchev–Trinajstić information content (AvgIpc) is 2.58. The molecule has 16 heavy (non-hydrogen) atoms. The molecule has 1 aliphatic carbocycles. The summed E-state index contributed by atoms with van der Waals surface area (Å²) in [5.41, 5.74) is -0.846. The molecule has 0 fully saturated rings. The lowest BCUT2D eigenvalue weighted by molar-refractivity contribution is -0.119. The number of aliphatic hydroxyl groups excluding tert-OH is 1. The lowest BCUT2D eigenvalue weighted by Gasteiger charge is -2.26. The van der Waals surface area contributed by atoms with E-state index in [1.165, 1.54) is 12.2 Å². The topological polar surface area (TPSA) is 57.5 Å². The molecule has 2 atom stereocenters. The van der Waals surface area contributed by atoms with Crippen molar-refractivity contribution in [3.8, 4) is 0 Å². The number of ketones is 1. The molecule has 0 unspecified atom stereocenters. The molecule has 0 saturated carbocycles. The highest BCUT2D eigenvalue weighted by atomic mass is 35.5. The van der Waals surface area contributed by atoms with Gasteiger partial charge in [-0.3, -0.25) is 4.79 Å². The standard InChI is InChI=1S/C12H11ClO3/c13-9-3-1-8(2-4-9)11-10(15)5-6-12(11,16)7-14/h1-6,11,14,16H,7H2/t11-,12+/m0/s1. The van der Waals surface area contributed by atoms with Crippen molar-refractivity contribution in [2.75, 3.05) is 6.61 Å². The minimum atomic E-state index is -1.50. The van der Waals surface area contributed by atoms with E-state index in [1.54, 1.807) is 24.3 Å². The average molecular weight is 239 g/mol. The summed E-state index contributed by atoms with van der Waals surface area (Å²) < 4.78 is 0. The zero-order valence-electron chi connectivity index (χ0n) is 8.43. The van der Waals surface area contributed by atoms with E-state index in [2.05, 4.69) is 0 Å². The molecule has 2 N–H and O–H groups in total. The van der Waals surface area contributed by atoms with Crippen LogP contribution in [0.25, 0.3) is 0 Å². The van der Waals surface area contributed by atoms with Crippen molar-refractivity contribution in [1.82, 2.24) is 0 Å². The van der Waals surface area contributed by atoms with Crippen LogP contribution >= 0.6 is 11.6 Å². The van der Waals surface area contributed by atoms with E-state index in [0.29, 0.717) is 10.6 Å². The van der Waals surface area contributed by atoms with Crippen molar-refractivity contribution in [3.05, 3.63) is 47.0 Å². The molecule has 84 valence electrons. The number of benzene rings is 1. The van der Waals surface area contributed by atoms with E-state index in [0.717, 1.165) is 0 Å². The summed E-state index contributed by atoms with van der Waals surface area (Å²) in [5.74, 6) is -0.950. The molecule has 0 spiro atoms. The third kappa shape index (κ3) is 1.78. The summed E-state index contributed by atoms with van der Waals surface area (Å²) in [6.45, 7) is -0.484. The molecule has 4 heteroatoms. The predicted molar refractivity (Wildman–Crippen MR) is 60.4 cm³/mol. The second-order valence-corrected chi connectivity index (χ2v) is 4.31. The maximum Gasteiger partial charge on any atom is 0.166 e. The van der Waals surface area contributed by atoms with Crippen LogP contribution in [0.2, 0.25) is 5.02 Å². The molecule has 2 rings (SSSR count). The van der Waals surface area contributed by atoms with Crippen LogP contribution in [0, 0.1) is 0 Å². The molecular weight excluding hydrogens is 228 g/mol. The van der Waals surface area contributed by atoms with Crippen molar-refractivity contribution in [2.45, 2.75) is 11.5 Å². The van der Waals surface area contributed by atoms with Gasteiger partial charge in [0.05, 0.1) is 12.5 Å². The molecule has 0 saturated heterocycles. The van der Waals surface area contributed by atoms with Gasteiger partial charge in [0.2, 0.25) is 0 Å². The van der Waals surface area contributed by atoms with Crippen LogP contribution in [0.4, 0.5) is 0 Å². The smallest absolute Gasteiger partial charge is 0.166 e. The quantitative estimate of drug-likeness (QED) is 0.816. The SMILES string of the molecule is O=C1C=C[C@@](O)(CO)[C@H]1c1ccc(Cl)cc1. The number of rotatable bonds is 2. The van der Waals surface area contributed by atoms with Gasteiger partial charge in [-0.25, -0.2) is 0 Å². The van der Waals surface area contributed by atoms with Crippen LogP contribution in [0.15, 0.2) is 36.4 Å². The lowest BCUT2D eigenvalue weighted by atomic mass is 9.84. The van der Waals surface area contributed by atoms with Crippen molar-refractivity contribution in [2.24, 2.45) is 0 Å². The second-order valence-electron chi connectivity index (χ2n) is 3.87. The van der Waals surface area contributed by atoms with Gasteiger partial charge in [0, 0.05) is 5.02 Å². The Morgan fingerprint density at radius 2 is 1.94 bits per heavy atom. The van der Waals surface area contributed by atoms with E-state index < -0.39 is 18.1 Å². The molecule has 0 radical (unpaired) electrons. The number of hydrogen-bond acceptors (Lipinski definition) is 3. The third-order valence-corrected chi connectivity index (χ3v) is 3.03. The first kappa shape index (κ1) is 11.3. The van der Waals surface area contributed by atoms with Gasteiger partial charge in [0.25, 0.3) is 0 Å². The fourth-order valence-electron chi connectivity index (χ4n) is 1.92. The number of halogens is 1. The van der Waals surface area contributed by atoms with Crippen LogP contribution in [0.1, 0.15) is 11.5 Å². The largest absolute Gasteiger partial charge is 0.393 e. The van der Waals surface area contributed by atoms with Crippen LogP contribution in [0.5, 0.6) is 0 Å². The Kier molecular flexibility index (Phi) is 2.84. The van der Waals surface area contributed by atoms with E-state index in [1.807, 2.05) is 0 Å². The van der Waals surface area contributed by atoms with Crippen LogP contribution < -0.4 is 0 Å². The zero-order valence-corrected chi connectivity index (χ0v) is 9.19. The maximum absolute atomic E-state index is 11.6. The summed E-state index contributed by atoms with van der Waals surface area (Å²) in [6, 6.07) is 6.66. The monoisotopic (exact) mass is 238 g/mol. The molecule has 0 amide bonds. The number of aliphatic hydroxyl groups is 2. The number of hydrogen-bond donors (Lipinski definition) is 2. The highest BCUT2D eigenvalue weighted by Crippen LogP contribution is 2.35. The fourth-order valence-corrected chi connectivity index (χ4v) is 2.04. The Labute approximate surface area is 98.0 Å². The Morgan fingerprint density at radius 3 is 2.50 bits per heavy atom. The van der Waals surface area contributed by atoms with Gasteiger partial charge < -0.3 is 10.2 Å². The third-order valence-electron chi connectivity index (χ3n) is 2.78. The molecular formula is C12H11ClO3. The Balaban J connectivity index is 2.40. The first-order valence-electron chi connectivity index (χ1n) is 4.88. The second kappa shape index (κ2) is 4.01. The summed E-state index contributed by atoms with van der Waals surface area (Å²) in [7, 11) is 0. The molecule has 1 aromatic rings. The van der Waals surface area contributed by atoms with E-state index in [-0.39, 0.29) is 5.78 Å². The molecule has 0 aromatic heterocycles. The van der Waals surface area contributed by atoms with Gasteiger partial charge in [-0.2, -0.15) is 0 Å². The summed E-state index contributed by atoms with van der Waals surface area (Å²) in [6.07, 6.45) is 2.64. The van der Waals surface area contributed by atoms with Crippen molar-refractivity contribution < 1.29 is 15.0 Å². The van der Waals surface area contributed by atoms with Crippen molar-refractivity contribution in [1.29, 1.82) is 0 Å². The Morgan fingerprint density at radius 1 is 1.31 bits per heavy atom. The first-order chi connectivity index (χ1) is 7.57. The minimum Gasteiger partial charge on any atom is -0.393 e. The summed E-state index contributed by atoms with van der Waals surface area (Å²) >= 11 is 5.75. The lowest BCUT2D eigenvalue weighted by Crippen LogP contribution is -2.37. The van der Waals surface area contributed by atoms with Gasteiger partial charge in [0.15, 0.2) is 5.78 Å². The summed E-state index contributed by atoms with van der Waals surface area (Å²) in [4.78, 5) is 11.6. The minimum absolute atomic E-state index is 0.209. The van der Waals surface area contributed by atoms with Gasteiger partial charge in [-0.1, -0.05) is 23.7 Å². The number of allylic oxidation sites excluding steroid dienone is 1. The van der Waals surface area contributed by atoms with Crippen LogP contribution in [-0.4, -0.2) is 28.2 Å². The van der Waals surface area contributed by atoms with Gasteiger partial charge in [-0.15, -0.1) is 0 Å². The van der Waals surface area contributed by atoms with Crippen molar-refractivity contribution in [3.63, 3.8) is 0 Å². The van der Waals surface area contributed by atoms with Crippen LogP contribution in [0.3, 0.4) is 0 Å². The van der Waals surface area contributed by atoms with E-state index in [4.69, 9.17) is 16.7 Å². The van der Waals surface area contributed by atoms with Gasteiger partial charge in [-0.05, 0) is 29.8 Å². The molecule has 1 aliphatic rings. The molecule has 0 bridgehead atoms. The maximum atomic E-state index is 11.6. The fraction of sp³-hybridized carbons (Fsp3) is 0.250. The Hall–Kier alpha value is -1.16. The van der Waals surface area contributed by atoms with Gasteiger partial charge in [0.1, 0.15) is 5.60 Å². The normalized spacial score (nSPS) is 28.7. The van der Waals surface area contributed by atoms with E-state index >= 15 is 0 Å². The highest BCUT2D eigenvalue weighted by Gasteiger charge is 2.43. The molecule has 3 nitrogen and oxygen atoms in total. The number of carbonyl (C=O) groups excluding carboxylic acids is 1. The first-order valence-corrected chi connectivity index (χ1v) is 5.26.